The van der Waals surface area contributed by atoms with Gasteiger partial charge in [0, 0.05) is 16.0 Å². The molecule has 0 bridgehead atoms. The van der Waals surface area contributed by atoms with Crippen LogP contribution in [0.2, 0.25) is 0 Å². The Morgan fingerprint density at radius 3 is 3.13 bits per heavy atom. The molecule has 15 heavy (non-hydrogen) atoms. The van der Waals surface area contributed by atoms with E-state index in [1.807, 2.05) is 17.8 Å². The first-order valence-electron chi connectivity index (χ1n) is 4.76. The lowest BCUT2D eigenvalue weighted by molar-refractivity contribution is 0.0691. The summed E-state index contributed by atoms with van der Waals surface area (Å²) >= 11 is 1.83. The molecule has 3 rings (SSSR count). The normalized spacial score (nSPS) is 14.4. The van der Waals surface area contributed by atoms with Crippen LogP contribution in [0.3, 0.4) is 0 Å². The first-order valence-corrected chi connectivity index (χ1v) is 5.75. The zero-order valence-corrected chi connectivity index (χ0v) is 8.73. The van der Waals surface area contributed by atoms with Gasteiger partial charge in [-0.1, -0.05) is 6.07 Å². The second-order valence-electron chi connectivity index (χ2n) is 3.59. The summed E-state index contributed by atoms with van der Waals surface area (Å²) in [6, 6.07) is 5.76. The Morgan fingerprint density at radius 2 is 2.33 bits per heavy atom. The van der Waals surface area contributed by atoms with Crippen LogP contribution in [0.15, 0.2) is 23.1 Å². The van der Waals surface area contributed by atoms with Crippen molar-refractivity contribution in [2.45, 2.75) is 11.3 Å². The van der Waals surface area contributed by atoms with Gasteiger partial charge in [-0.05, 0) is 24.1 Å². The van der Waals surface area contributed by atoms with E-state index < -0.39 is 5.97 Å². The van der Waals surface area contributed by atoms with Gasteiger partial charge in [0.15, 0.2) is 0 Å². The Hall–Kier alpha value is -1.42. The van der Waals surface area contributed by atoms with Crippen LogP contribution in [-0.4, -0.2) is 21.8 Å². The van der Waals surface area contributed by atoms with Gasteiger partial charge in [-0.25, -0.2) is 4.79 Å². The minimum atomic E-state index is -0.898. The summed E-state index contributed by atoms with van der Waals surface area (Å²) in [4.78, 5) is 15.1. The fourth-order valence-corrected chi connectivity index (χ4v) is 3.07. The van der Waals surface area contributed by atoms with Crippen molar-refractivity contribution in [3.8, 4) is 0 Å². The van der Waals surface area contributed by atoms with Crippen LogP contribution in [0.4, 0.5) is 0 Å². The topological polar surface area (TPSA) is 53.1 Å². The van der Waals surface area contributed by atoms with Crippen LogP contribution < -0.4 is 0 Å². The maximum atomic E-state index is 10.8. The highest BCUT2D eigenvalue weighted by molar-refractivity contribution is 7.99. The van der Waals surface area contributed by atoms with Crippen LogP contribution in [0.1, 0.15) is 16.1 Å². The molecular weight excluding hydrogens is 210 g/mol. The lowest BCUT2D eigenvalue weighted by Gasteiger charge is -1.98. The summed E-state index contributed by atoms with van der Waals surface area (Å²) in [5.41, 5.74) is 2.54. The lowest BCUT2D eigenvalue weighted by atomic mass is 10.1. The molecule has 0 saturated carbocycles. The van der Waals surface area contributed by atoms with E-state index in [4.69, 9.17) is 5.11 Å². The minimum Gasteiger partial charge on any atom is -0.477 e. The molecule has 2 N–H and O–H groups in total. The third kappa shape index (κ3) is 1.25. The Balaban J connectivity index is 2.31. The Kier molecular flexibility index (Phi) is 1.79. The largest absolute Gasteiger partial charge is 0.477 e. The highest BCUT2D eigenvalue weighted by Gasteiger charge is 2.17. The molecule has 0 atom stereocenters. The molecular formula is C11H9NO2S. The molecule has 0 fully saturated rings. The number of thioether (sulfide) groups is 1. The van der Waals surface area contributed by atoms with Crippen molar-refractivity contribution in [1.29, 1.82) is 0 Å². The third-order valence-corrected chi connectivity index (χ3v) is 3.80. The zero-order valence-electron chi connectivity index (χ0n) is 7.91. The standard InChI is InChI=1S/C11H9NO2S/c13-11(14)8-5-6-1-2-9-7(3-4-15-9)10(6)12-8/h1-2,5,12H,3-4H2,(H,13,14). The fraction of sp³-hybridized carbons (Fsp3) is 0.182. The Bertz CT molecular complexity index is 559. The maximum Gasteiger partial charge on any atom is 0.352 e. The third-order valence-electron chi connectivity index (χ3n) is 2.70. The molecule has 0 amide bonds. The average Bonchev–Trinajstić information content (AvgIpc) is 2.82. The number of hydrogen-bond acceptors (Lipinski definition) is 2. The quantitative estimate of drug-likeness (QED) is 0.774. The summed E-state index contributed by atoms with van der Waals surface area (Å²) in [6.45, 7) is 0. The maximum absolute atomic E-state index is 10.8. The highest BCUT2D eigenvalue weighted by atomic mass is 32.2. The summed E-state index contributed by atoms with van der Waals surface area (Å²) < 4.78 is 0. The summed E-state index contributed by atoms with van der Waals surface area (Å²) in [5, 5.41) is 9.89. The van der Waals surface area contributed by atoms with Gasteiger partial charge in [-0.2, -0.15) is 0 Å². The van der Waals surface area contributed by atoms with E-state index in [0.717, 1.165) is 23.1 Å². The van der Waals surface area contributed by atoms with Crippen LogP contribution in [-0.2, 0) is 6.42 Å². The zero-order chi connectivity index (χ0) is 10.4. The van der Waals surface area contributed by atoms with Crippen LogP contribution in [0.25, 0.3) is 10.9 Å². The van der Waals surface area contributed by atoms with Crippen molar-refractivity contribution < 1.29 is 9.90 Å². The first kappa shape index (κ1) is 8.85. The molecule has 4 heteroatoms. The number of aromatic nitrogens is 1. The van der Waals surface area contributed by atoms with Crippen LogP contribution >= 0.6 is 11.8 Å². The van der Waals surface area contributed by atoms with Gasteiger partial charge in [0.25, 0.3) is 0 Å². The summed E-state index contributed by atoms with van der Waals surface area (Å²) in [5.74, 6) is 0.196. The van der Waals surface area contributed by atoms with Gasteiger partial charge < -0.3 is 10.1 Å². The average molecular weight is 219 g/mol. The molecule has 0 radical (unpaired) electrons. The van der Waals surface area contributed by atoms with Gasteiger partial charge in [-0.3, -0.25) is 0 Å². The molecule has 2 aromatic rings. The number of fused-ring (bicyclic) bond motifs is 3. The van der Waals surface area contributed by atoms with Crippen molar-refractivity contribution >= 4 is 28.6 Å². The molecule has 1 aliphatic rings. The Labute approximate surface area is 90.5 Å². The van der Waals surface area contributed by atoms with Gasteiger partial charge in [0.05, 0.1) is 5.52 Å². The number of carboxylic acid groups (broad SMARTS) is 1. The molecule has 0 unspecified atom stereocenters. The molecule has 1 aromatic carbocycles. The van der Waals surface area contributed by atoms with Gasteiger partial charge >= 0.3 is 5.97 Å². The second-order valence-corrected chi connectivity index (χ2v) is 4.73. The van der Waals surface area contributed by atoms with Crippen molar-refractivity contribution in [3.63, 3.8) is 0 Å². The summed E-state index contributed by atoms with van der Waals surface area (Å²) in [7, 11) is 0. The fourth-order valence-electron chi connectivity index (χ4n) is 2.00. The molecule has 76 valence electrons. The number of aromatic carboxylic acids is 1. The van der Waals surface area contributed by atoms with Crippen molar-refractivity contribution in [2.75, 3.05) is 5.75 Å². The van der Waals surface area contributed by atoms with Crippen molar-refractivity contribution in [2.24, 2.45) is 0 Å². The van der Waals surface area contributed by atoms with Crippen molar-refractivity contribution in [3.05, 3.63) is 29.5 Å². The number of aryl methyl sites for hydroxylation is 1. The number of nitrogens with one attached hydrogen (secondary N) is 1. The van der Waals surface area contributed by atoms with E-state index in [-0.39, 0.29) is 5.69 Å². The van der Waals surface area contributed by atoms with E-state index >= 15 is 0 Å². The predicted octanol–water partition coefficient (Wildman–Crippen LogP) is 2.51. The van der Waals surface area contributed by atoms with E-state index in [0.29, 0.717) is 0 Å². The van der Waals surface area contributed by atoms with E-state index in [1.165, 1.54) is 10.5 Å². The number of carboxylic acids is 1. The van der Waals surface area contributed by atoms with Crippen LogP contribution in [0.5, 0.6) is 0 Å². The smallest absolute Gasteiger partial charge is 0.352 e. The Morgan fingerprint density at radius 1 is 1.47 bits per heavy atom. The van der Waals surface area contributed by atoms with Gasteiger partial charge in [0.2, 0.25) is 0 Å². The van der Waals surface area contributed by atoms with Crippen molar-refractivity contribution in [1.82, 2.24) is 4.98 Å². The SMILES string of the molecule is O=C(O)c1cc2ccc3c(c2[nH]1)CCS3. The van der Waals surface area contributed by atoms with E-state index in [1.54, 1.807) is 6.07 Å². The number of H-pyrrole nitrogens is 1. The molecule has 3 nitrogen and oxygen atoms in total. The number of rotatable bonds is 1. The van der Waals surface area contributed by atoms with Gasteiger partial charge in [-0.15, -0.1) is 11.8 Å². The molecule has 1 aliphatic heterocycles. The predicted molar refractivity (Wildman–Crippen MR) is 59.7 cm³/mol. The van der Waals surface area contributed by atoms with E-state index in [2.05, 4.69) is 11.1 Å². The van der Waals surface area contributed by atoms with E-state index in [9.17, 15) is 4.79 Å². The van der Waals surface area contributed by atoms with Gasteiger partial charge in [0.1, 0.15) is 5.69 Å². The lowest BCUT2D eigenvalue weighted by Crippen LogP contribution is -1.95. The molecule has 0 saturated heterocycles. The number of carbonyl (C=O) groups is 1. The first-order chi connectivity index (χ1) is 7.25. The molecule has 0 aliphatic carbocycles. The number of benzene rings is 1. The molecule has 0 spiro atoms. The summed E-state index contributed by atoms with van der Waals surface area (Å²) in [6.07, 6.45) is 1.02. The number of hydrogen-bond donors (Lipinski definition) is 2. The minimum absolute atomic E-state index is 0.273. The highest BCUT2D eigenvalue weighted by Crippen LogP contribution is 2.36. The monoisotopic (exact) mass is 219 g/mol. The molecule has 1 aromatic heterocycles. The van der Waals surface area contributed by atoms with Crippen LogP contribution in [0, 0.1) is 0 Å². The number of aromatic amines is 1. The molecule has 2 heterocycles. The second kappa shape index (κ2) is 3.03.